The van der Waals surface area contributed by atoms with Gasteiger partial charge in [0.15, 0.2) is 0 Å². The molecule has 3 heterocycles. The molecule has 3 fully saturated rings. The lowest BCUT2D eigenvalue weighted by atomic mass is 10.1. The van der Waals surface area contributed by atoms with Crippen molar-refractivity contribution < 1.29 is 0 Å². The summed E-state index contributed by atoms with van der Waals surface area (Å²) in [7, 11) is 0. The van der Waals surface area contributed by atoms with Crippen molar-refractivity contribution in [1.29, 1.82) is 0 Å². The standard InChI is InChI=1S/C28H41N5/c1-2-30-12-14-31(15-13-30)20-26-10-8-24(9-11-26)19-29-27-18-28-23-32(16-17-33(28)22-27)21-25-6-4-3-5-7-25/h3-11,27-29H,2,12-23H2,1H3/t27?,28-/m0/s1. The second kappa shape index (κ2) is 11.1. The summed E-state index contributed by atoms with van der Waals surface area (Å²) in [6, 6.07) is 21.6. The third-order valence-electron chi connectivity index (χ3n) is 7.89. The van der Waals surface area contributed by atoms with Gasteiger partial charge in [-0.2, -0.15) is 0 Å². The van der Waals surface area contributed by atoms with E-state index in [-0.39, 0.29) is 0 Å². The van der Waals surface area contributed by atoms with E-state index in [0.29, 0.717) is 12.1 Å². The van der Waals surface area contributed by atoms with Crippen molar-refractivity contribution in [3.05, 3.63) is 71.3 Å². The Balaban J connectivity index is 1.04. The molecule has 0 aromatic heterocycles. The average Bonchev–Trinajstić information content (AvgIpc) is 3.27. The summed E-state index contributed by atoms with van der Waals surface area (Å²) in [6.45, 7) is 16.2. The van der Waals surface area contributed by atoms with Crippen LogP contribution < -0.4 is 5.32 Å². The molecule has 0 aliphatic carbocycles. The minimum atomic E-state index is 0.612. The van der Waals surface area contributed by atoms with E-state index in [1.165, 1.54) is 82.0 Å². The van der Waals surface area contributed by atoms with Gasteiger partial charge in [-0.1, -0.05) is 61.5 Å². The Bertz CT molecular complexity index is 846. The lowest BCUT2D eigenvalue weighted by molar-refractivity contribution is 0.0991. The topological polar surface area (TPSA) is 25.0 Å². The van der Waals surface area contributed by atoms with Crippen LogP contribution in [0, 0.1) is 0 Å². The Hall–Kier alpha value is -1.76. The summed E-state index contributed by atoms with van der Waals surface area (Å²) in [5.74, 6) is 0. The maximum absolute atomic E-state index is 3.85. The molecule has 0 saturated carbocycles. The molecule has 3 aliphatic rings. The first kappa shape index (κ1) is 23.0. The van der Waals surface area contributed by atoms with Gasteiger partial charge in [0.25, 0.3) is 0 Å². The lowest BCUT2D eigenvalue weighted by Gasteiger charge is -2.37. The molecule has 2 aromatic rings. The first-order chi connectivity index (χ1) is 16.2. The van der Waals surface area contributed by atoms with Gasteiger partial charge in [0.2, 0.25) is 0 Å². The molecule has 178 valence electrons. The predicted octanol–water partition coefficient (Wildman–Crippen LogP) is 2.87. The molecule has 2 atom stereocenters. The van der Waals surface area contributed by atoms with E-state index >= 15 is 0 Å². The predicted molar refractivity (Wildman–Crippen MR) is 136 cm³/mol. The third kappa shape index (κ3) is 6.23. The summed E-state index contributed by atoms with van der Waals surface area (Å²) >= 11 is 0. The van der Waals surface area contributed by atoms with E-state index in [2.05, 4.69) is 86.4 Å². The normalized spacial score (nSPS) is 25.4. The maximum atomic E-state index is 3.85. The van der Waals surface area contributed by atoms with Crippen LogP contribution in [-0.4, -0.2) is 90.6 Å². The summed E-state index contributed by atoms with van der Waals surface area (Å²) in [6.07, 6.45) is 1.27. The van der Waals surface area contributed by atoms with Gasteiger partial charge in [-0.05, 0) is 29.7 Å². The van der Waals surface area contributed by atoms with Crippen LogP contribution in [0.15, 0.2) is 54.6 Å². The van der Waals surface area contributed by atoms with Gasteiger partial charge >= 0.3 is 0 Å². The van der Waals surface area contributed by atoms with Crippen LogP contribution in [0.2, 0.25) is 0 Å². The highest BCUT2D eigenvalue weighted by molar-refractivity contribution is 5.22. The second-order valence-electron chi connectivity index (χ2n) is 10.2. The summed E-state index contributed by atoms with van der Waals surface area (Å²) in [5.41, 5.74) is 4.29. The lowest BCUT2D eigenvalue weighted by Crippen LogP contribution is -2.49. The van der Waals surface area contributed by atoms with Crippen LogP contribution in [0.25, 0.3) is 0 Å². The van der Waals surface area contributed by atoms with Gasteiger partial charge in [0, 0.05) is 84.1 Å². The number of hydrogen-bond donors (Lipinski definition) is 1. The van der Waals surface area contributed by atoms with Crippen molar-refractivity contribution in [2.45, 2.75) is 45.1 Å². The Morgan fingerprint density at radius 2 is 1.33 bits per heavy atom. The van der Waals surface area contributed by atoms with E-state index in [4.69, 9.17) is 0 Å². The zero-order valence-electron chi connectivity index (χ0n) is 20.3. The summed E-state index contributed by atoms with van der Waals surface area (Å²) < 4.78 is 0. The van der Waals surface area contributed by atoms with Crippen LogP contribution in [-0.2, 0) is 19.6 Å². The Morgan fingerprint density at radius 3 is 2.09 bits per heavy atom. The summed E-state index contributed by atoms with van der Waals surface area (Å²) in [5, 5.41) is 3.85. The van der Waals surface area contributed by atoms with E-state index < -0.39 is 0 Å². The molecule has 1 N–H and O–H groups in total. The van der Waals surface area contributed by atoms with Gasteiger partial charge in [-0.15, -0.1) is 0 Å². The molecule has 2 aromatic carbocycles. The van der Waals surface area contributed by atoms with E-state index in [0.717, 1.165) is 19.6 Å². The molecular weight excluding hydrogens is 406 g/mol. The molecule has 0 amide bonds. The van der Waals surface area contributed by atoms with Gasteiger partial charge in [0.05, 0.1) is 0 Å². The zero-order chi connectivity index (χ0) is 22.5. The van der Waals surface area contributed by atoms with E-state index in [1.807, 2.05) is 0 Å². The molecule has 3 saturated heterocycles. The highest BCUT2D eigenvalue weighted by Crippen LogP contribution is 2.23. The smallest absolute Gasteiger partial charge is 0.0239 e. The largest absolute Gasteiger partial charge is 0.309 e. The molecule has 0 radical (unpaired) electrons. The molecule has 0 bridgehead atoms. The molecule has 5 nitrogen and oxygen atoms in total. The van der Waals surface area contributed by atoms with E-state index in [1.54, 1.807) is 0 Å². The molecule has 1 unspecified atom stereocenters. The highest BCUT2D eigenvalue weighted by Gasteiger charge is 2.35. The molecule has 5 rings (SSSR count). The molecule has 0 spiro atoms. The number of nitrogens with zero attached hydrogens (tertiary/aromatic N) is 4. The van der Waals surface area contributed by atoms with Gasteiger partial charge in [-0.3, -0.25) is 14.7 Å². The van der Waals surface area contributed by atoms with Crippen molar-refractivity contribution in [2.75, 3.05) is 58.9 Å². The monoisotopic (exact) mass is 447 g/mol. The van der Waals surface area contributed by atoms with Crippen molar-refractivity contribution in [2.24, 2.45) is 0 Å². The van der Waals surface area contributed by atoms with Crippen LogP contribution >= 0.6 is 0 Å². The number of likely N-dealkylation sites (N-methyl/N-ethyl adjacent to an activating group) is 1. The van der Waals surface area contributed by atoms with Crippen LogP contribution in [0.3, 0.4) is 0 Å². The van der Waals surface area contributed by atoms with Crippen LogP contribution in [0.5, 0.6) is 0 Å². The first-order valence-corrected chi connectivity index (χ1v) is 13.0. The zero-order valence-corrected chi connectivity index (χ0v) is 20.3. The third-order valence-corrected chi connectivity index (χ3v) is 7.89. The fourth-order valence-corrected chi connectivity index (χ4v) is 5.79. The fourth-order valence-electron chi connectivity index (χ4n) is 5.79. The average molecular weight is 448 g/mol. The molecule has 5 heteroatoms. The number of fused-ring (bicyclic) bond motifs is 1. The number of benzene rings is 2. The van der Waals surface area contributed by atoms with Crippen LogP contribution in [0.1, 0.15) is 30.0 Å². The van der Waals surface area contributed by atoms with Gasteiger partial charge in [0.1, 0.15) is 0 Å². The van der Waals surface area contributed by atoms with Crippen molar-refractivity contribution in [1.82, 2.24) is 24.9 Å². The van der Waals surface area contributed by atoms with Crippen LogP contribution in [0.4, 0.5) is 0 Å². The maximum Gasteiger partial charge on any atom is 0.0239 e. The molecule has 33 heavy (non-hydrogen) atoms. The fraction of sp³-hybridized carbons (Fsp3) is 0.571. The Kier molecular flexibility index (Phi) is 7.74. The number of hydrogen-bond acceptors (Lipinski definition) is 5. The van der Waals surface area contributed by atoms with Gasteiger partial charge < -0.3 is 10.2 Å². The Morgan fingerprint density at radius 1 is 0.697 bits per heavy atom. The van der Waals surface area contributed by atoms with Gasteiger partial charge in [-0.25, -0.2) is 0 Å². The van der Waals surface area contributed by atoms with Crippen molar-refractivity contribution in [3.8, 4) is 0 Å². The molecular formula is C28H41N5. The number of rotatable bonds is 8. The van der Waals surface area contributed by atoms with Crippen molar-refractivity contribution in [3.63, 3.8) is 0 Å². The number of nitrogens with one attached hydrogen (secondary N) is 1. The quantitative estimate of drug-likeness (QED) is 0.671. The summed E-state index contributed by atoms with van der Waals surface area (Å²) in [4.78, 5) is 10.5. The second-order valence-corrected chi connectivity index (χ2v) is 10.2. The number of piperazine rings is 2. The minimum Gasteiger partial charge on any atom is -0.309 e. The first-order valence-electron chi connectivity index (χ1n) is 13.0. The Labute approximate surface area is 200 Å². The SMILES string of the molecule is CCN1CCN(Cc2ccc(CNC3C[C@H]4CN(Cc5ccccc5)CCN4C3)cc2)CC1. The van der Waals surface area contributed by atoms with Crippen molar-refractivity contribution >= 4 is 0 Å². The van der Waals surface area contributed by atoms with E-state index in [9.17, 15) is 0 Å². The minimum absolute atomic E-state index is 0.612. The highest BCUT2D eigenvalue weighted by atomic mass is 15.3. The molecule has 3 aliphatic heterocycles.